The maximum Gasteiger partial charge on any atom is 0.305 e. The summed E-state index contributed by atoms with van der Waals surface area (Å²) in [6, 6.07) is 9.88. The molecule has 5 nitrogen and oxygen atoms in total. The van der Waals surface area contributed by atoms with Gasteiger partial charge in [0.25, 0.3) is 0 Å². The molecule has 2 aromatic carbocycles. The minimum Gasteiger partial charge on any atom is -0.456 e. The lowest BCUT2D eigenvalue weighted by molar-refractivity contribution is -0.387. The van der Waals surface area contributed by atoms with Gasteiger partial charge in [0.2, 0.25) is 5.82 Å². The zero-order valence-corrected chi connectivity index (χ0v) is 11.4. The van der Waals surface area contributed by atoms with E-state index in [0.29, 0.717) is 4.47 Å². The highest BCUT2D eigenvalue weighted by atomic mass is 79.9. The molecule has 100 valence electrons. The van der Waals surface area contributed by atoms with Crippen molar-refractivity contribution >= 4 is 21.6 Å². The molecule has 0 aliphatic rings. The molecule has 0 unspecified atom stereocenters. The molecule has 0 bridgehead atoms. The van der Waals surface area contributed by atoms with Gasteiger partial charge in [0.15, 0.2) is 0 Å². The number of nitro benzene ring substituents is 1. The van der Waals surface area contributed by atoms with Gasteiger partial charge in [-0.15, -0.1) is 0 Å². The van der Waals surface area contributed by atoms with Crippen LogP contribution in [0, 0.1) is 27.3 Å². The van der Waals surface area contributed by atoms with Gasteiger partial charge in [0.1, 0.15) is 17.6 Å². The van der Waals surface area contributed by atoms with Gasteiger partial charge >= 0.3 is 5.69 Å². The molecule has 0 heterocycles. The largest absolute Gasteiger partial charge is 0.456 e. The first-order valence-corrected chi connectivity index (χ1v) is 6.12. The highest BCUT2D eigenvalue weighted by molar-refractivity contribution is 9.10. The third kappa shape index (κ3) is 2.92. The van der Waals surface area contributed by atoms with Gasteiger partial charge < -0.3 is 4.74 Å². The molecule has 0 aliphatic heterocycles. The average Bonchev–Trinajstić information content (AvgIpc) is 2.38. The van der Waals surface area contributed by atoms with Crippen LogP contribution in [0.1, 0.15) is 5.56 Å². The number of benzene rings is 2. The van der Waals surface area contributed by atoms with Gasteiger partial charge in [-0.2, -0.15) is 9.65 Å². The van der Waals surface area contributed by atoms with Crippen LogP contribution < -0.4 is 4.74 Å². The number of hydrogen-bond acceptors (Lipinski definition) is 4. The van der Waals surface area contributed by atoms with E-state index >= 15 is 0 Å². The molecule has 0 saturated heterocycles. The number of nitrogens with zero attached hydrogens (tertiary/aromatic N) is 2. The fourth-order valence-corrected chi connectivity index (χ4v) is 1.84. The Kier molecular flexibility index (Phi) is 3.96. The first kappa shape index (κ1) is 14.0. The molecule has 0 radical (unpaired) electrons. The molecule has 2 aromatic rings. The standard InChI is InChI=1S/C13H6BrFN2O3/c14-9-2-1-8(7-16)13(5-9)20-10-3-4-12(17(18)19)11(15)6-10/h1-6H. The summed E-state index contributed by atoms with van der Waals surface area (Å²) in [5.74, 6) is -0.696. The minimum absolute atomic E-state index is 0.0719. The van der Waals surface area contributed by atoms with E-state index in [9.17, 15) is 14.5 Å². The SMILES string of the molecule is N#Cc1ccc(Br)cc1Oc1ccc([N+](=O)[O-])c(F)c1. The van der Waals surface area contributed by atoms with E-state index < -0.39 is 16.4 Å². The Balaban J connectivity index is 2.36. The van der Waals surface area contributed by atoms with Crippen molar-refractivity contribution < 1.29 is 14.1 Å². The third-order valence-corrected chi connectivity index (χ3v) is 2.90. The molecular weight excluding hydrogens is 331 g/mol. The van der Waals surface area contributed by atoms with Crippen LogP contribution in [0.15, 0.2) is 40.9 Å². The molecule has 0 spiro atoms. The molecule has 0 fully saturated rings. The van der Waals surface area contributed by atoms with Gasteiger partial charge in [-0.25, -0.2) is 0 Å². The van der Waals surface area contributed by atoms with Crippen LogP contribution in [0.2, 0.25) is 0 Å². The van der Waals surface area contributed by atoms with Crippen molar-refractivity contribution in [3.05, 3.63) is 62.4 Å². The minimum atomic E-state index is -0.999. The number of hydrogen-bond donors (Lipinski definition) is 0. The molecule has 20 heavy (non-hydrogen) atoms. The Morgan fingerprint density at radius 3 is 2.65 bits per heavy atom. The Bertz CT molecular complexity index is 728. The molecule has 0 N–H and O–H groups in total. The summed E-state index contributed by atoms with van der Waals surface area (Å²) >= 11 is 3.23. The van der Waals surface area contributed by atoms with Crippen LogP contribution in [0.5, 0.6) is 11.5 Å². The van der Waals surface area contributed by atoms with Crippen molar-refractivity contribution in [3.8, 4) is 17.6 Å². The van der Waals surface area contributed by atoms with E-state index in [2.05, 4.69) is 15.9 Å². The van der Waals surface area contributed by atoms with E-state index in [1.807, 2.05) is 6.07 Å². The van der Waals surface area contributed by atoms with Gasteiger partial charge in [-0.1, -0.05) is 15.9 Å². The quantitative estimate of drug-likeness (QED) is 0.622. The lowest BCUT2D eigenvalue weighted by Crippen LogP contribution is -1.94. The molecule has 0 atom stereocenters. The third-order valence-electron chi connectivity index (χ3n) is 2.41. The maximum atomic E-state index is 13.5. The lowest BCUT2D eigenvalue weighted by Gasteiger charge is -2.07. The monoisotopic (exact) mass is 336 g/mol. The van der Waals surface area contributed by atoms with Gasteiger partial charge in [-0.3, -0.25) is 10.1 Å². The van der Waals surface area contributed by atoms with Crippen LogP contribution in [0.25, 0.3) is 0 Å². The maximum absolute atomic E-state index is 13.5. The molecular formula is C13H6BrFN2O3. The average molecular weight is 337 g/mol. The zero-order chi connectivity index (χ0) is 14.7. The smallest absolute Gasteiger partial charge is 0.305 e. The fourth-order valence-electron chi connectivity index (χ4n) is 1.50. The van der Waals surface area contributed by atoms with E-state index in [0.717, 1.165) is 12.1 Å². The van der Waals surface area contributed by atoms with E-state index in [1.165, 1.54) is 6.07 Å². The summed E-state index contributed by atoms with van der Waals surface area (Å²) in [7, 11) is 0. The fraction of sp³-hybridized carbons (Fsp3) is 0. The zero-order valence-electron chi connectivity index (χ0n) is 9.84. The van der Waals surface area contributed by atoms with Crippen LogP contribution in [0.4, 0.5) is 10.1 Å². The van der Waals surface area contributed by atoms with Gasteiger partial charge in [0, 0.05) is 16.6 Å². The summed E-state index contributed by atoms with van der Waals surface area (Å²) in [4.78, 5) is 9.69. The van der Waals surface area contributed by atoms with Crippen molar-refractivity contribution in [2.45, 2.75) is 0 Å². The lowest BCUT2D eigenvalue weighted by atomic mass is 10.2. The predicted molar refractivity (Wildman–Crippen MR) is 72.0 cm³/mol. The van der Waals surface area contributed by atoms with Crippen LogP contribution in [0.3, 0.4) is 0 Å². The Morgan fingerprint density at radius 2 is 2.05 bits per heavy atom. The number of halogens is 2. The van der Waals surface area contributed by atoms with E-state index in [4.69, 9.17) is 10.00 Å². The first-order valence-electron chi connectivity index (χ1n) is 5.32. The Morgan fingerprint density at radius 1 is 1.30 bits per heavy atom. The van der Waals surface area contributed by atoms with Crippen LogP contribution >= 0.6 is 15.9 Å². The summed E-state index contributed by atoms with van der Waals surface area (Å²) < 4.78 is 19.5. The Labute approximate surface area is 121 Å². The number of nitro groups is 1. The second-order valence-electron chi connectivity index (χ2n) is 3.72. The topological polar surface area (TPSA) is 76.2 Å². The molecule has 0 aromatic heterocycles. The van der Waals surface area contributed by atoms with Gasteiger partial charge in [-0.05, 0) is 24.3 Å². The van der Waals surface area contributed by atoms with Gasteiger partial charge in [0.05, 0.1) is 10.5 Å². The summed E-state index contributed by atoms with van der Waals surface area (Å²) in [5.41, 5.74) is -0.362. The van der Waals surface area contributed by atoms with Crippen molar-refractivity contribution in [3.63, 3.8) is 0 Å². The molecule has 0 saturated carbocycles. The second kappa shape index (κ2) is 5.67. The van der Waals surface area contributed by atoms with Crippen molar-refractivity contribution in [2.24, 2.45) is 0 Å². The van der Waals surface area contributed by atoms with Crippen molar-refractivity contribution in [2.75, 3.05) is 0 Å². The van der Waals surface area contributed by atoms with Crippen LogP contribution in [-0.4, -0.2) is 4.92 Å². The molecule has 0 aliphatic carbocycles. The van der Waals surface area contributed by atoms with Crippen molar-refractivity contribution in [1.29, 1.82) is 5.26 Å². The molecule has 2 rings (SSSR count). The molecule has 7 heteroatoms. The van der Waals surface area contributed by atoms with Crippen molar-refractivity contribution in [1.82, 2.24) is 0 Å². The number of nitriles is 1. The number of rotatable bonds is 3. The summed E-state index contributed by atoms with van der Waals surface area (Å²) in [6.07, 6.45) is 0. The number of ether oxygens (including phenoxy) is 1. The summed E-state index contributed by atoms with van der Waals surface area (Å²) in [6.45, 7) is 0. The normalized spacial score (nSPS) is 9.85. The highest BCUT2D eigenvalue weighted by Crippen LogP contribution is 2.30. The predicted octanol–water partition coefficient (Wildman–Crippen LogP) is 4.16. The van der Waals surface area contributed by atoms with E-state index in [-0.39, 0.29) is 17.1 Å². The first-order chi connectivity index (χ1) is 9.51. The highest BCUT2D eigenvalue weighted by Gasteiger charge is 2.15. The van der Waals surface area contributed by atoms with E-state index in [1.54, 1.807) is 18.2 Å². The second-order valence-corrected chi connectivity index (χ2v) is 4.64. The van der Waals surface area contributed by atoms with Crippen LogP contribution in [-0.2, 0) is 0 Å². The summed E-state index contributed by atoms with van der Waals surface area (Å²) in [5, 5.41) is 19.5. The Hall–Kier alpha value is -2.46. The molecule has 0 amide bonds.